The van der Waals surface area contributed by atoms with Crippen LogP contribution in [0.3, 0.4) is 0 Å². The van der Waals surface area contributed by atoms with Gasteiger partial charge >= 0.3 is 11.7 Å². The molecule has 0 amide bonds. The topological polar surface area (TPSA) is 115 Å². The van der Waals surface area contributed by atoms with Gasteiger partial charge in [-0.25, -0.2) is 4.79 Å². The Balaban J connectivity index is 1.50. The molecule has 4 fully saturated rings. The minimum absolute atomic E-state index is 0.0102. The van der Waals surface area contributed by atoms with E-state index in [9.17, 15) is 20.0 Å². The first-order valence-electron chi connectivity index (χ1n) is 12.7. The summed E-state index contributed by atoms with van der Waals surface area (Å²) in [5.41, 5.74) is 1.66. The highest BCUT2D eigenvalue weighted by Gasteiger charge is 2.55. The van der Waals surface area contributed by atoms with Gasteiger partial charge < -0.3 is 15.2 Å². The van der Waals surface area contributed by atoms with Crippen molar-refractivity contribution in [1.82, 2.24) is 4.98 Å². The summed E-state index contributed by atoms with van der Waals surface area (Å²) in [5, 5.41) is 26.0. The maximum Gasteiger partial charge on any atom is 0.342 e. The largest absolute Gasteiger partial charge is 0.462 e. The van der Waals surface area contributed by atoms with Crippen LogP contribution in [0.5, 0.6) is 0 Å². The summed E-state index contributed by atoms with van der Waals surface area (Å²) in [7, 11) is 0. The molecule has 35 heavy (non-hydrogen) atoms. The van der Waals surface area contributed by atoms with Crippen molar-refractivity contribution in [2.24, 2.45) is 23.2 Å². The maximum absolute atomic E-state index is 12.8. The molecule has 0 radical (unpaired) electrons. The SMILES string of the molecule is CCOC(=O)c1cnc(CCc2ccccc2)c([N+](=O)[O-])c1NC1C2CC3CC1CC(CO)(C3)C2. The summed E-state index contributed by atoms with van der Waals surface area (Å²) < 4.78 is 5.24. The zero-order valence-corrected chi connectivity index (χ0v) is 20.1. The van der Waals surface area contributed by atoms with E-state index in [1.54, 1.807) is 6.92 Å². The smallest absolute Gasteiger partial charge is 0.342 e. The molecule has 8 heteroatoms. The van der Waals surface area contributed by atoms with Gasteiger partial charge in [-0.3, -0.25) is 15.1 Å². The Hall–Kier alpha value is -3.00. The Labute approximate surface area is 205 Å². The van der Waals surface area contributed by atoms with Crippen LogP contribution in [-0.4, -0.2) is 40.2 Å². The summed E-state index contributed by atoms with van der Waals surface area (Å²) in [4.78, 5) is 29.1. The van der Waals surface area contributed by atoms with E-state index in [0.717, 1.165) is 37.7 Å². The van der Waals surface area contributed by atoms with Crippen LogP contribution in [0.25, 0.3) is 0 Å². The summed E-state index contributed by atoms with van der Waals surface area (Å²) in [5.74, 6) is 0.653. The standard InChI is InChI=1S/C27H33N3O5/c1-2-35-26(32)21-15-28-22(9-8-17-6-4-3-5-7-17)25(30(33)34)24(21)29-23-19-10-18-11-20(23)14-27(12-18,13-19)16-31/h3-7,15,18-20,23,31H,2,8-14,16H2,1H3,(H,28,29). The molecular weight excluding hydrogens is 446 g/mol. The lowest BCUT2D eigenvalue weighted by atomic mass is 9.48. The number of aryl methyl sites for hydroxylation is 2. The molecule has 1 aromatic heterocycles. The van der Waals surface area contributed by atoms with Crippen LogP contribution in [-0.2, 0) is 17.6 Å². The molecule has 2 N–H and O–H groups in total. The number of hydrogen-bond donors (Lipinski definition) is 2. The minimum atomic E-state index is -0.601. The number of esters is 1. The number of aliphatic hydroxyl groups is 1. The molecule has 0 spiro atoms. The van der Waals surface area contributed by atoms with Gasteiger partial charge in [0.1, 0.15) is 16.9 Å². The quantitative estimate of drug-likeness (QED) is 0.308. The van der Waals surface area contributed by atoms with E-state index in [1.807, 2.05) is 30.3 Å². The van der Waals surface area contributed by atoms with Gasteiger partial charge in [-0.2, -0.15) is 0 Å². The lowest BCUT2D eigenvalue weighted by molar-refractivity contribution is -0.385. The van der Waals surface area contributed by atoms with Crippen LogP contribution in [0.2, 0.25) is 0 Å². The highest BCUT2D eigenvalue weighted by Crippen LogP contribution is 2.60. The monoisotopic (exact) mass is 479 g/mol. The third-order valence-corrected chi connectivity index (χ3v) is 8.35. The van der Waals surface area contributed by atoms with Crippen molar-refractivity contribution < 1.29 is 19.6 Å². The molecule has 4 saturated carbocycles. The molecule has 4 aliphatic rings. The van der Waals surface area contributed by atoms with Crippen molar-refractivity contribution in [3.8, 4) is 0 Å². The molecule has 0 aliphatic heterocycles. The van der Waals surface area contributed by atoms with Crippen molar-refractivity contribution >= 4 is 17.3 Å². The van der Waals surface area contributed by atoms with Gasteiger partial charge in [0, 0.05) is 25.3 Å². The van der Waals surface area contributed by atoms with Crippen LogP contribution < -0.4 is 5.32 Å². The minimum Gasteiger partial charge on any atom is -0.462 e. The van der Waals surface area contributed by atoms with Gasteiger partial charge in [0.2, 0.25) is 0 Å². The number of ether oxygens (including phenoxy) is 1. The Bertz CT molecular complexity index is 1090. The van der Waals surface area contributed by atoms with Crippen molar-refractivity contribution in [2.75, 3.05) is 18.5 Å². The number of nitrogens with zero attached hydrogens (tertiary/aromatic N) is 2. The molecule has 8 nitrogen and oxygen atoms in total. The molecule has 2 aromatic rings. The lowest BCUT2D eigenvalue weighted by Crippen LogP contribution is -2.57. The molecule has 4 aliphatic carbocycles. The number of pyridine rings is 1. The van der Waals surface area contributed by atoms with E-state index < -0.39 is 10.9 Å². The average Bonchev–Trinajstić information content (AvgIpc) is 2.85. The van der Waals surface area contributed by atoms with Crippen LogP contribution >= 0.6 is 0 Å². The van der Waals surface area contributed by atoms with Gasteiger partial charge in [0.05, 0.1) is 11.5 Å². The van der Waals surface area contributed by atoms with Crippen molar-refractivity contribution in [3.05, 3.63) is 63.5 Å². The molecule has 1 heterocycles. The Kier molecular flexibility index (Phi) is 6.49. The second kappa shape index (κ2) is 9.57. The third kappa shape index (κ3) is 4.51. The first-order valence-corrected chi connectivity index (χ1v) is 12.7. The van der Waals surface area contributed by atoms with E-state index in [1.165, 1.54) is 6.20 Å². The number of aliphatic hydroxyl groups excluding tert-OH is 1. The lowest BCUT2D eigenvalue weighted by Gasteiger charge is -2.59. The number of anilines is 1. The van der Waals surface area contributed by atoms with Crippen LogP contribution in [0.1, 0.15) is 60.6 Å². The van der Waals surface area contributed by atoms with Crippen molar-refractivity contribution in [2.45, 2.75) is 57.9 Å². The normalized spacial score (nSPS) is 28.6. The molecule has 2 atom stereocenters. The van der Waals surface area contributed by atoms with E-state index in [4.69, 9.17) is 4.74 Å². The zero-order valence-electron chi connectivity index (χ0n) is 20.1. The number of benzene rings is 1. The van der Waals surface area contributed by atoms with E-state index in [0.29, 0.717) is 36.3 Å². The number of nitrogens with one attached hydrogen (secondary N) is 1. The summed E-state index contributed by atoms with van der Waals surface area (Å²) in [6.45, 7) is 2.10. The summed E-state index contributed by atoms with van der Waals surface area (Å²) in [6, 6.07) is 9.83. The third-order valence-electron chi connectivity index (χ3n) is 8.35. The molecule has 0 saturated heterocycles. The predicted octanol–water partition coefficient (Wildman–Crippen LogP) is 4.55. The summed E-state index contributed by atoms with van der Waals surface area (Å²) in [6.07, 6.45) is 7.48. The maximum atomic E-state index is 12.8. The highest BCUT2D eigenvalue weighted by atomic mass is 16.6. The van der Waals surface area contributed by atoms with Gasteiger partial charge in [-0.05, 0) is 74.2 Å². The van der Waals surface area contributed by atoms with Gasteiger partial charge in [0.25, 0.3) is 0 Å². The number of carbonyl (C=O) groups excluding carboxylic acids is 1. The van der Waals surface area contributed by atoms with Crippen molar-refractivity contribution in [3.63, 3.8) is 0 Å². The fourth-order valence-electron chi connectivity index (χ4n) is 7.13. The number of nitro groups is 1. The zero-order chi connectivity index (χ0) is 24.6. The molecule has 6 rings (SSSR count). The van der Waals surface area contributed by atoms with Gasteiger partial charge in [0.15, 0.2) is 0 Å². The van der Waals surface area contributed by atoms with Gasteiger partial charge in [-0.15, -0.1) is 0 Å². The number of rotatable bonds is 9. The first kappa shape index (κ1) is 23.7. The van der Waals surface area contributed by atoms with E-state index >= 15 is 0 Å². The van der Waals surface area contributed by atoms with E-state index in [2.05, 4.69) is 10.3 Å². The Morgan fingerprint density at radius 2 is 1.91 bits per heavy atom. The fraction of sp³-hybridized carbons (Fsp3) is 0.556. The molecule has 1 aromatic carbocycles. The second-order valence-electron chi connectivity index (χ2n) is 10.6. The number of hydrogen-bond acceptors (Lipinski definition) is 7. The Morgan fingerprint density at radius 1 is 1.20 bits per heavy atom. The van der Waals surface area contributed by atoms with Crippen molar-refractivity contribution in [1.29, 1.82) is 0 Å². The molecule has 186 valence electrons. The Morgan fingerprint density at radius 3 is 2.54 bits per heavy atom. The number of carbonyl (C=O) groups is 1. The predicted molar refractivity (Wildman–Crippen MR) is 131 cm³/mol. The van der Waals surface area contributed by atoms with Crippen LogP contribution in [0, 0.1) is 33.3 Å². The van der Waals surface area contributed by atoms with E-state index in [-0.39, 0.29) is 41.6 Å². The first-order chi connectivity index (χ1) is 16.9. The van der Waals surface area contributed by atoms with Crippen LogP contribution in [0.4, 0.5) is 11.4 Å². The molecule has 2 unspecified atom stereocenters. The fourth-order valence-corrected chi connectivity index (χ4v) is 7.13. The second-order valence-corrected chi connectivity index (χ2v) is 10.6. The summed E-state index contributed by atoms with van der Waals surface area (Å²) >= 11 is 0. The highest BCUT2D eigenvalue weighted by molar-refractivity contribution is 5.98. The van der Waals surface area contributed by atoms with Crippen LogP contribution in [0.15, 0.2) is 36.5 Å². The van der Waals surface area contributed by atoms with Gasteiger partial charge in [-0.1, -0.05) is 30.3 Å². The average molecular weight is 480 g/mol. The molecule has 4 bridgehead atoms. The number of aromatic nitrogens is 1. The molecular formula is C27H33N3O5.